The Labute approximate surface area is 182 Å². The van der Waals surface area contributed by atoms with E-state index in [0.29, 0.717) is 31.2 Å². The minimum atomic E-state index is -0.863. The zero-order valence-electron chi connectivity index (χ0n) is 18.2. The molecular weight excluding hydrogens is 398 g/mol. The Balaban J connectivity index is 2.04. The molecule has 164 valence electrons. The summed E-state index contributed by atoms with van der Waals surface area (Å²) in [5.41, 5.74) is 2.91. The normalized spacial score (nSPS) is 11.0. The standard InChI is InChI=1S/C23H27N3O5/c1-5-30-21-9-7-6-8-20(21)25-22(27)15-31-23(28)19(14-24)13-18-12-16(2)26(17(18)3)10-11-29-4/h6-9,12-13H,5,10-11,15H2,1-4H3,(H,25,27)/b19-13+. The number of aryl methyl sites for hydroxylation is 1. The third kappa shape index (κ3) is 6.46. The largest absolute Gasteiger partial charge is 0.492 e. The number of aromatic nitrogens is 1. The number of hydrogen-bond acceptors (Lipinski definition) is 6. The van der Waals surface area contributed by atoms with Gasteiger partial charge in [-0.2, -0.15) is 5.26 Å². The number of hydrogen-bond donors (Lipinski definition) is 1. The van der Waals surface area contributed by atoms with E-state index in [1.54, 1.807) is 31.4 Å². The molecule has 2 rings (SSSR count). The summed E-state index contributed by atoms with van der Waals surface area (Å²) in [6.45, 7) is 6.82. The molecule has 0 bridgehead atoms. The molecule has 0 aliphatic rings. The second-order valence-corrected chi connectivity index (χ2v) is 6.69. The van der Waals surface area contributed by atoms with Gasteiger partial charge in [0.25, 0.3) is 5.91 Å². The van der Waals surface area contributed by atoms with Crippen LogP contribution >= 0.6 is 0 Å². The zero-order valence-corrected chi connectivity index (χ0v) is 18.2. The quantitative estimate of drug-likeness (QED) is 0.356. The van der Waals surface area contributed by atoms with Crippen LogP contribution in [-0.4, -0.2) is 43.4 Å². The minimum absolute atomic E-state index is 0.186. The van der Waals surface area contributed by atoms with Crippen molar-refractivity contribution in [3.05, 3.63) is 52.9 Å². The summed E-state index contributed by atoms with van der Waals surface area (Å²) >= 11 is 0. The lowest BCUT2D eigenvalue weighted by atomic mass is 10.1. The second kappa shape index (κ2) is 11.6. The molecule has 0 unspecified atom stereocenters. The van der Waals surface area contributed by atoms with E-state index in [9.17, 15) is 14.9 Å². The van der Waals surface area contributed by atoms with E-state index in [-0.39, 0.29) is 5.57 Å². The lowest BCUT2D eigenvalue weighted by Gasteiger charge is -2.11. The highest BCUT2D eigenvalue weighted by molar-refractivity contribution is 6.00. The van der Waals surface area contributed by atoms with E-state index in [1.165, 1.54) is 6.08 Å². The Bertz CT molecular complexity index is 1000. The van der Waals surface area contributed by atoms with Crippen LogP contribution in [0.1, 0.15) is 23.9 Å². The van der Waals surface area contributed by atoms with Crippen molar-refractivity contribution in [2.24, 2.45) is 0 Å². The van der Waals surface area contributed by atoms with Crippen molar-refractivity contribution < 1.29 is 23.8 Å². The average molecular weight is 425 g/mol. The molecule has 1 amide bonds. The molecule has 0 saturated heterocycles. The molecule has 1 aromatic carbocycles. The summed E-state index contributed by atoms with van der Waals surface area (Å²) in [6, 6.07) is 10.7. The SMILES string of the molecule is CCOc1ccccc1NC(=O)COC(=O)/C(C#N)=C/c1cc(C)n(CCOC)c1C. The number of carbonyl (C=O) groups is 2. The summed E-state index contributed by atoms with van der Waals surface area (Å²) in [7, 11) is 1.63. The molecule has 0 atom stereocenters. The fourth-order valence-electron chi connectivity index (χ4n) is 3.04. The predicted octanol–water partition coefficient (Wildman–Crippen LogP) is 3.24. The zero-order chi connectivity index (χ0) is 22.8. The fourth-order valence-corrected chi connectivity index (χ4v) is 3.04. The Morgan fingerprint density at radius 1 is 1.26 bits per heavy atom. The molecule has 1 N–H and O–H groups in total. The molecule has 0 fully saturated rings. The number of para-hydroxylation sites is 2. The third-order valence-electron chi connectivity index (χ3n) is 4.57. The van der Waals surface area contributed by atoms with Crippen molar-refractivity contribution >= 4 is 23.6 Å². The van der Waals surface area contributed by atoms with Crippen molar-refractivity contribution in [3.8, 4) is 11.8 Å². The molecule has 31 heavy (non-hydrogen) atoms. The molecule has 2 aromatic rings. The minimum Gasteiger partial charge on any atom is -0.492 e. The predicted molar refractivity (Wildman–Crippen MR) is 117 cm³/mol. The first-order valence-corrected chi connectivity index (χ1v) is 9.87. The molecule has 8 nitrogen and oxygen atoms in total. The Kier molecular flexibility index (Phi) is 8.85. The number of esters is 1. The Hall–Kier alpha value is -3.57. The van der Waals surface area contributed by atoms with E-state index in [2.05, 4.69) is 5.32 Å². The first kappa shape index (κ1) is 23.7. The monoisotopic (exact) mass is 425 g/mol. The van der Waals surface area contributed by atoms with E-state index >= 15 is 0 Å². The van der Waals surface area contributed by atoms with Crippen molar-refractivity contribution in [2.45, 2.75) is 27.3 Å². The summed E-state index contributed by atoms with van der Waals surface area (Å²) in [6.07, 6.45) is 1.47. The molecule has 1 aromatic heterocycles. The Morgan fingerprint density at radius 2 is 2.00 bits per heavy atom. The number of nitrogens with zero attached hydrogens (tertiary/aromatic N) is 2. The van der Waals surface area contributed by atoms with Crippen LogP contribution in [0.3, 0.4) is 0 Å². The first-order valence-electron chi connectivity index (χ1n) is 9.87. The van der Waals surface area contributed by atoms with Gasteiger partial charge in [0, 0.05) is 25.0 Å². The van der Waals surface area contributed by atoms with Crippen LogP contribution in [0.4, 0.5) is 5.69 Å². The lowest BCUT2D eigenvalue weighted by molar-refractivity contribution is -0.142. The van der Waals surface area contributed by atoms with Crippen LogP contribution < -0.4 is 10.1 Å². The van der Waals surface area contributed by atoms with Crippen LogP contribution in [0.25, 0.3) is 6.08 Å². The molecule has 0 aliphatic carbocycles. The number of nitrogens with one attached hydrogen (secondary N) is 1. The number of methoxy groups -OCH3 is 1. The molecule has 0 saturated carbocycles. The number of rotatable bonds is 10. The molecule has 0 aliphatic heterocycles. The van der Waals surface area contributed by atoms with Crippen LogP contribution in [-0.2, 0) is 25.6 Å². The number of anilines is 1. The van der Waals surface area contributed by atoms with Gasteiger partial charge < -0.3 is 24.1 Å². The van der Waals surface area contributed by atoms with Crippen LogP contribution in [0, 0.1) is 25.2 Å². The van der Waals surface area contributed by atoms with Gasteiger partial charge in [0.15, 0.2) is 6.61 Å². The van der Waals surface area contributed by atoms with E-state index in [1.807, 2.05) is 37.5 Å². The van der Waals surface area contributed by atoms with Gasteiger partial charge in [-0.3, -0.25) is 4.79 Å². The highest BCUT2D eigenvalue weighted by Crippen LogP contribution is 2.23. The van der Waals surface area contributed by atoms with Crippen LogP contribution in [0.5, 0.6) is 5.75 Å². The van der Waals surface area contributed by atoms with Gasteiger partial charge in [0.1, 0.15) is 17.4 Å². The van der Waals surface area contributed by atoms with Crippen LogP contribution in [0.15, 0.2) is 35.9 Å². The summed E-state index contributed by atoms with van der Waals surface area (Å²) in [4.78, 5) is 24.5. The second-order valence-electron chi connectivity index (χ2n) is 6.69. The number of benzene rings is 1. The van der Waals surface area contributed by atoms with Gasteiger partial charge in [-0.05, 0) is 50.6 Å². The van der Waals surface area contributed by atoms with Crippen molar-refractivity contribution in [3.63, 3.8) is 0 Å². The van der Waals surface area contributed by atoms with Gasteiger partial charge >= 0.3 is 5.97 Å². The van der Waals surface area contributed by atoms with E-state index < -0.39 is 18.5 Å². The Morgan fingerprint density at radius 3 is 2.68 bits per heavy atom. The molecule has 1 heterocycles. The van der Waals surface area contributed by atoms with Crippen molar-refractivity contribution in [1.82, 2.24) is 4.57 Å². The number of ether oxygens (including phenoxy) is 3. The molecule has 8 heteroatoms. The van der Waals surface area contributed by atoms with Crippen molar-refractivity contribution in [1.29, 1.82) is 5.26 Å². The van der Waals surface area contributed by atoms with Gasteiger partial charge in [-0.1, -0.05) is 12.1 Å². The maximum atomic E-state index is 12.3. The topological polar surface area (TPSA) is 103 Å². The first-order chi connectivity index (χ1) is 14.9. The maximum absolute atomic E-state index is 12.3. The number of amides is 1. The highest BCUT2D eigenvalue weighted by Gasteiger charge is 2.16. The number of carbonyl (C=O) groups excluding carboxylic acids is 2. The maximum Gasteiger partial charge on any atom is 0.349 e. The molecular formula is C23H27N3O5. The van der Waals surface area contributed by atoms with Gasteiger partial charge in [-0.25, -0.2) is 4.79 Å². The smallest absolute Gasteiger partial charge is 0.349 e. The van der Waals surface area contributed by atoms with E-state index in [4.69, 9.17) is 14.2 Å². The van der Waals surface area contributed by atoms with Gasteiger partial charge in [-0.15, -0.1) is 0 Å². The third-order valence-corrected chi connectivity index (χ3v) is 4.57. The lowest BCUT2D eigenvalue weighted by Crippen LogP contribution is -2.21. The summed E-state index contributed by atoms with van der Waals surface area (Å²) in [5.74, 6) is -0.876. The highest BCUT2D eigenvalue weighted by atomic mass is 16.5. The summed E-state index contributed by atoms with van der Waals surface area (Å²) < 4.78 is 17.6. The molecule has 0 radical (unpaired) electrons. The van der Waals surface area contributed by atoms with Crippen LogP contribution in [0.2, 0.25) is 0 Å². The van der Waals surface area contributed by atoms with Gasteiger partial charge in [0.2, 0.25) is 0 Å². The van der Waals surface area contributed by atoms with E-state index in [0.717, 1.165) is 17.0 Å². The molecule has 0 spiro atoms. The van der Waals surface area contributed by atoms with Gasteiger partial charge in [0.05, 0.1) is 18.9 Å². The number of nitriles is 1. The summed E-state index contributed by atoms with van der Waals surface area (Å²) in [5, 5.41) is 12.0. The fraction of sp³-hybridized carbons (Fsp3) is 0.348. The average Bonchev–Trinajstić information content (AvgIpc) is 3.02. The van der Waals surface area contributed by atoms with Crippen molar-refractivity contribution in [2.75, 3.05) is 32.2 Å².